The van der Waals surface area contributed by atoms with E-state index < -0.39 is 24.8 Å². The van der Waals surface area contributed by atoms with E-state index in [2.05, 4.69) is 10.6 Å². The Hall–Kier alpha value is -0.480. The van der Waals surface area contributed by atoms with Crippen LogP contribution in [0.25, 0.3) is 0 Å². The summed E-state index contributed by atoms with van der Waals surface area (Å²) in [6.45, 7) is -0.699. The van der Waals surface area contributed by atoms with Crippen LogP contribution in [0.3, 0.4) is 0 Å². The third-order valence-electron chi connectivity index (χ3n) is 0.515. The minimum atomic E-state index is -5.86. The van der Waals surface area contributed by atoms with Crippen LogP contribution in [0.4, 0.5) is 8.39 Å². The molecule has 0 aromatic carbocycles. The molecule has 0 rings (SSSR count). The lowest BCUT2D eigenvalue weighted by atomic mass is 10.8. The molecule has 5 nitrogen and oxygen atoms in total. The van der Waals surface area contributed by atoms with Crippen molar-refractivity contribution in [1.82, 2.24) is 4.49 Å². The summed E-state index contributed by atoms with van der Waals surface area (Å²) < 4.78 is 57.7. The SMILES string of the molecule is C#CCOS(=O)(=O)NP(=O)(F)F. The topological polar surface area (TPSA) is 72.5 Å². The molecule has 1 N–H and O–H groups in total. The summed E-state index contributed by atoms with van der Waals surface area (Å²) in [7, 11) is -10.6. The normalized spacial score (nSPS) is 12.4. The zero-order chi connectivity index (χ0) is 9.83. The lowest BCUT2D eigenvalue weighted by molar-refractivity contribution is 0.357. The van der Waals surface area contributed by atoms with Crippen molar-refractivity contribution in [2.45, 2.75) is 0 Å². The van der Waals surface area contributed by atoms with E-state index in [0.717, 1.165) is 0 Å². The fourth-order valence-electron chi connectivity index (χ4n) is 0.268. The van der Waals surface area contributed by atoms with Gasteiger partial charge in [0, 0.05) is 0 Å². The number of terminal acetylenes is 1. The molecule has 0 saturated carbocycles. The molecule has 0 atom stereocenters. The molecule has 0 aliphatic carbocycles. The molecule has 0 unspecified atom stereocenters. The van der Waals surface area contributed by atoms with Crippen molar-refractivity contribution in [1.29, 1.82) is 0 Å². The minimum Gasteiger partial charge on any atom is -0.245 e. The van der Waals surface area contributed by atoms with Gasteiger partial charge in [-0.3, -0.25) is 0 Å². The summed E-state index contributed by atoms with van der Waals surface area (Å²) in [5, 5.41) is 0. The van der Waals surface area contributed by atoms with Gasteiger partial charge in [0.2, 0.25) is 0 Å². The summed E-state index contributed by atoms with van der Waals surface area (Å²) in [6.07, 6.45) is 4.58. The minimum absolute atomic E-state index is 0.507. The highest BCUT2D eigenvalue weighted by Gasteiger charge is 2.27. The smallest absolute Gasteiger partial charge is 0.245 e. The van der Waals surface area contributed by atoms with E-state index >= 15 is 0 Å². The van der Waals surface area contributed by atoms with Crippen molar-refractivity contribution in [3.05, 3.63) is 0 Å². The van der Waals surface area contributed by atoms with Crippen molar-refractivity contribution >= 4 is 18.2 Å². The predicted octanol–water partition coefficient (Wildman–Crippen LogP) is 0.518. The van der Waals surface area contributed by atoms with Crippen LogP contribution < -0.4 is 4.49 Å². The third kappa shape index (κ3) is 6.24. The second kappa shape index (κ2) is 3.96. The van der Waals surface area contributed by atoms with Crippen molar-refractivity contribution in [3.8, 4) is 12.3 Å². The first-order valence-electron chi connectivity index (χ1n) is 2.38. The zero-order valence-corrected chi connectivity index (χ0v) is 7.24. The van der Waals surface area contributed by atoms with Crippen molar-refractivity contribution in [3.63, 3.8) is 0 Å². The lowest BCUT2D eigenvalue weighted by Gasteiger charge is -2.01. The van der Waals surface area contributed by atoms with Crippen LogP contribution in [0.1, 0.15) is 0 Å². The van der Waals surface area contributed by atoms with Gasteiger partial charge in [-0.05, 0) is 0 Å². The third-order valence-corrected chi connectivity index (χ3v) is 2.69. The first-order valence-corrected chi connectivity index (χ1v) is 5.28. The van der Waals surface area contributed by atoms with Crippen molar-refractivity contribution in [2.24, 2.45) is 0 Å². The Balaban J connectivity index is 4.28. The van der Waals surface area contributed by atoms with E-state index in [0.29, 0.717) is 4.49 Å². The van der Waals surface area contributed by atoms with Gasteiger partial charge in [-0.15, -0.1) is 14.8 Å². The van der Waals surface area contributed by atoms with Gasteiger partial charge in [-0.1, -0.05) is 10.4 Å². The Morgan fingerprint density at radius 2 is 2.08 bits per heavy atom. The first kappa shape index (κ1) is 11.5. The molecule has 9 heteroatoms. The van der Waals surface area contributed by atoms with Gasteiger partial charge in [0.25, 0.3) is 0 Å². The van der Waals surface area contributed by atoms with E-state index in [1.165, 1.54) is 0 Å². The molecule has 0 aromatic heterocycles. The van der Waals surface area contributed by atoms with Gasteiger partial charge in [-0.2, -0.15) is 8.42 Å². The summed E-state index contributed by atoms with van der Waals surface area (Å²) >= 11 is 0. The van der Waals surface area contributed by atoms with Crippen LogP contribution in [0.15, 0.2) is 0 Å². The standard InChI is InChI=1S/C3H4F2NO4PS/c1-2-3-10-12(8,9)6-11(4,5)7/h1H,3H2,(H,6,7). The zero-order valence-electron chi connectivity index (χ0n) is 5.53. The van der Waals surface area contributed by atoms with E-state index in [9.17, 15) is 21.4 Å². The average Bonchev–Trinajstić information content (AvgIpc) is 1.78. The van der Waals surface area contributed by atoms with Gasteiger partial charge < -0.3 is 0 Å². The second-order valence-electron chi connectivity index (χ2n) is 1.47. The van der Waals surface area contributed by atoms with Crippen molar-refractivity contribution in [2.75, 3.05) is 6.61 Å². The molecule has 0 aliphatic heterocycles. The molecule has 0 saturated heterocycles. The summed E-state index contributed by atoms with van der Waals surface area (Å²) in [5.74, 6) is 1.73. The molecule has 0 aromatic rings. The summed E-state index contributed by atoms with van der Waals surface area (Å²) in [5.41, 5.74) is 0. The van der Waals surface area contributed by atoms with Crippen LogP contribution in [0.2, 0.25) is 0 Å². The highest BCUT2D eigenvalue weighted by atomic mass is 32.2. The maximum Gasteiger partial charge on any atom is 0.495 e. The molecule has 0 bridgehead atoms. The molecule has 0 fully saturated rings. The van der Waals surface area contributed by atoms with Crippen LogP contribution >= 0.6 is 7.91 Å². The lowest BCUT2D eigenvalue weighted by Crippen LogP contribution is -2.20. The van der Waals surface area contributed by atoms with E-state index in [4.69, 9.17) is 0 Å². The molecule has 0 heterocycles. The molecular formula is C3H4F2NO4PS. The Labute approximate surface area is 68.0 Å². The Morgan fingerprint density at radius 3 is 2.42 bits per heavy atom. The van der Waals surface area contributed by atoms with Gasteiger partial charge in [-0.25, -0.2) is 8.75 Å². The largest absolute Gasteiger partial charge is 0.495 e. The van der Waals surface area contributed by atoms with Gasteiger partial charge in [0.05, 0.1) is 0 Å². The van der Waals surface area contributed by atoms with E-state index in [1.54, 1.807) is 5.92 Å². The molecule has 12 heavy (non-hydrogen) atoms. The second-order valence-corrected chi connectivity index (χ2v) is 4.27. The fraction of sp³-hybridized carbons (Fsp3) is 0.333. The number of nitrogens with one attached hydrogen (secondary N) is 1. The number of halogens is 2. The maximum atomic E-state index is 11.6. The molecular weight excluding hydrogens is 215 g/mol. The molecule has 0 aliphatic rings. The Morgan fingerprint density at radius 1 is 1.58 bits per heavy atom. The van der Waals surface area contributed by atoms with Crippen LogP contribution in [-0.4, -0.2) is 15.0 Å². The van der Waals surface area contributed by atoms with E-state index in [1.807, 2.05) is 0 Å². The fourth-order valence-corrected chi connectivity index (χ4v) is 1.74. The summed E-state index contributed by atoms with van der Waals surface area (Å²) in [4.78, 5) is 0. The van der Waals surface area contributed by atoms with Gasteiger partial charge in [0.1, 0.15) is 6.61 Å². The summed E-state index contributed by atoms with van der Waals surface area (Å²) in [6, 6.07) is 0. The Kier molecular flexibility index (Phi) is 3.80. The van der Waals surface area contributed by atoms with Gasteiger partial charge in [0.15, 0.2) is 0 Å². The number of rotatable bonds is 4. The van der Waals surface area contributed by atoms with Gasteiger partial charge >= 0.3 is 18.2 Å². The van der Waals surface area contributed by atoms with Crippen LogP contribution in [-0.2, 0) is 19.1 Å². The maximum absolute atomic E-state index is 11.6. The number of hydrogen-bond acceptors (Lipinski definition) is 4. The molecule has 0 amide bonds. The average molecular weight is 219 g/mol. The molecule has 0 spiro atoms. The van der Waals surface area contributed by atoms with Crippen molar-refractivity contribution < 1.29 is 25.6 Å². The van der Waals surface area contributed by atoms with E-state index in [-0.39, 0.29) is 0 Å². The monoisotopic (exact) mass is 219 g/mol. The molecule has 0 radical (unpaired) electrons. The first-order chi connectivity index (χ1) is 5.27. The highest BCUT2D eigenvalue weighted by Crippen LogP contribution is 2.44. The van der Waals surface area contributed by atoms with Crippen LogP contribution in [0, 0.1) is 12.3 Å². The Bertz CT molecular complexity index is 327. The number of hydrogen-bond donors (Lipinski definition) is 1. The quantitative estimate of drug-likeness (QED) is 0.552. The predicted molar refractivity (Wildman–Crippen MR) is 36.7 cm³/mol. The van der Waals surface area contributed by atoms with Crippen LogP contribution in [0.5, 0.6) is 0 Å². The molecule has 70 valence electrons. The highest BCUT2D eigenvalue weighted by molar-refractivity contribution is 7.90.